The van der Waals surface area contributed by atoms with E-state index in [-0.39, 0.29) is 5.56 Å². The maximum atomic E-state index is 13.0. The van der Waals surface area contributed by atoms with Gasteiger partial charge in [-0.3, -0.25) is 9.69 Å². The number of rotatable bonds is 6. The molecule has 6 nitrogen and oxygen atoms in total. The van der Waals surface area contributed by atoms with Crippen LogP contribution >= 0.6 is 11.3 Å². The highest BCUT2D eigenvalue weighted by atomic mass is 32.1. The minimum Gasteiger partial charge on any atom is -0.276 e. The van der Waals surface area contributed by atoms with Crippen LogP contribution in [0.5, 0.6) is 0 Å². The first-order chi connectivity index (χ1) is 13.3. The highest BCUT2D eigenvalue weighted by Crippen LogP contribution is 2.29. The summed E-state index contributed by atoms with van der Waals surface area (Å²) in [5, 5.41) is 11.8. The fourth-order valence-electron chi connectivity index (χ4n) is 3.28. The van der Waals surface area contributed by atoms with Crippen molar-refractivity contribution in [1.29, 1.82) is 0 Å². The molecule has 0 bridgehead atoms. The molecule has 0 atom stereocenters. The SMILES string of the molecule is O=c1c2nn(-c3ccccc3)cc2cnn1CN(Cc1cccs1)C1CC1. The van der Waals surface area contributed by atoms with Gasteiger partial charge in [-0.1, -0.05) is 24.3 Å². The summed E-state index contributed by atoms with van der Waals surface area (Å²) in [5.74, 6) is 0. The average molecular weight is 377 g/mol. The van der Waals surface area contributed by atoms with Crippen LogP contribution in [0.25, 0.3) is 16.6 Å². The van der Waals surface area contributed by atoms with Crippen molar-refractivity contribution in [3.8, 4) is 5.69 Å². The summed E-state index contributed by atoms with van der Waals surface area (Å²) in [6.07, 6.45) is 5.96. The van der Waals surface area contributed by atoms with Gasteiger partial charge in [0.15, 0.2) is 5.52 Å². The molecule has 1 aliphatic carbocycles. The van der Waals surface area contributed by atoms with E-state index in [0.29, 0.717) is 18.2 Å². The fraction of sp³-hybridized carbons (Fsp3) is 0.250. The molecule has 0 unspecified atom stereocenters. The van der Waals surface area contributed by atoms with Gasteiger partial charge in [-0.25, -0.2) is 9.36 Å². The largest absolute Gasteiger partial charge is 0.296 e. The number of benzene rings is 1. The molecule has 0 spiro atoms. The van der Waals surface area contributed by atoms with E-state index in [1.807, 2.05) is 36.5 Å². The molecule has 0 amide bonds. The van der Waals surface area contributed by atoms with Crippen molar-refractivity contribution < 1.29 is 0 Å². The predicted octanol–water partition coefficient (Wildman–Crippen LogP) is 3.27. The van der Waals surface area contributed by atoms with Crippen molar-refractivity contribution in [1.82, 2.24) is 24.5 Å². The molecule has 27 heavy (non-hydrogen) atoms. The Morgan fingerprint density at radius 1 is 1.15 bits per heavy atom. The second-order valence-corrected chi connectivity index (χ2v) is 7.89. The highest BCUT2D eigenvalue weighted by Gasteiger charge is 2.30. The maximum Gasteiger partial charge on any atom is 0.296 e. The van der Waals surface area contributed by atoms with Gasteiger partial charge in [-0.15, -0.1) is 11.3 Å². The third-order valence-electron chi connectivity index (χ3n) is 4.85. The molecule has 0 saturated heterocycles. The van der Waals surface area contributed by atoms with E-state index in [1.165, 1.54) is 22.4 Å². The summed E-state index contributed by atoms with van der Waals surface area (Å²) >= 11 is 1.75. The second kappa shape index (κ2) is 6.75. The molecular formula is C20H19N5OS. The first-order valence-corrected chi connectivity index (χ1v) is 9.93. The number of thiophene rings is 1. The van der Waals surface area contributed by atoms with Crippen LogP contribution in [0.4, 0.5) is 0 Å². The lowest BCUT2D eigenvalue weighted by atomic mass is 10.3. The Morgan fingerprint density at radius 3 is 2.74 bits per heavy atom. The van der Waals surface area contributed by atoms with Gasteiger partial charge in [-0.05, 0) is 36.4 Å². The van der Waals surface area contributed by atoms with E-state index in [1.54, 1.807) is 22.2 Å². The molecular weight excluding hydrogens is 358 g/mol. The first-order valence-electron chi connectivity index (χ1n) is 9.05. The van der Waals surface area contributed by atoms with Gasteiger partial charge >= 0.3 is 0 Å². The van der Waals surface area contributed by atoms with E-state index in [2.05, 4.69) is 32.6 Å². The lowest BCUT2D eigenvalue weighted by molar-refractivity contribution is 0.186. The zero-order valence-corrected chi connectivity index (χ0v) is 15.5. The van der Waals surface area contributed by atoms with Crippen LogP contribution in [0.3, 0.4) is 0 Å². The van der Waals surface area contributed by atoms with Crippen molar-refractivity contribution in [2.45, 2.75) is 32.1 Å². The molecule has 0 radical (unpaired) electrons. The van der Waals surface area contributed by atoms with E-state index >= 15 is 0 Å². The average Bonchev–Trinajstić information content (AvgIpc) is 3.24. The lowest BCUT2D eigenvalue weighted by Gasteiger charge is -2.21. The molecule has 3 aromatic heterocycles. The van der Waals surface area contributed by atoms with Crippen molar-refractivity contribution in [2.75, 3.05) is 0 Å². The van der Waals surface area contributed by atoms with E-state index in [9.17, 15) is 4.79 Å². The minimum atomic E-state index is -0.140. The molecule has 1 fully saturated rings. The first kappa shape index (κ1) is 16.4. The zero-order chi connectivity index (χ0) is 18.2. The van der Waals surface area contributed by atoms with Crippen molar-refractivity contribution in [3.05, 3.63) is 75.5 Å². The summed E-state index contributed by atoms with van der Waals surface area (Å²) in [6, 6.07) is 14.5. The zero-order valence-electron chi connectivity index (χ0n) is 14.7. The Hall–Kier alpha value is -2.77. The van der Waals surface area contributed by atoms with Crippen molar-refractivity contribution in [2.24, 2.45) is 0 Å². The standard InChI is InChI=1S/C20H19N5OS/c26-20-19-15(12-24(22-19)17-5-2-1-3-6-17)11-21-25(20)14-23(16-8-9-16)13-18-7-4-10-27-18/h1-7,10-12,16H,8-9,13-14H2. The molecule has 0 N–H and O–H groups in total. The van der Waals surface area contributed by atoms with Crippen LogP contribution in [0, 0.1) is 0 Å². The molecule has 7 heteroatoms. The summed E-state index contributed by atoms with van der Waals surface area (Å²) in [7, 11) is 0. The molecule has 0 aliphatic heterocycles. The van der Waals surface area contributed by atoms with Gasteiger partial charge in [0, 0.05) is 29.0 Å². The molecule has 3 heterocycles. The Bertz CT molecular complexity index is 1110. The van der Waals surface area contributed by atoms with Gasteiger partial charge in [0.1, 0.15) is 0 Å². The molecule has 136 valence electrons. The molecule has 5 rings (SSSR count). The van der Waals surface area contributed by atoms with E-state index in [4.69, 9.17) is 0 Å². The van der Waals surface area contributed by atoms with E-state index < -0.39 is 0 Å². The van der Waals surface area contributed by atoms with Crippen LogP contribution in [0.1, 0.15) is 17.7 Å². The number of hydrogen-bond acceptors (Lipinski definition) is 5. The van der Waals surface area contributed by atoms with Gasteiger partial charge < -0.3 is 0 Å². The normalized spacial score (nSPS) is 14.3. The number of para-hydroxylation sites is 1. The van der Waals surface area contributed by atoms with Crippen molar-refractivity contribution in [3.63, 3.8) is 0 Å². The Labute approximate surface area is 160 Å². The Kier molecular flexibility index (Phi) is 4.10. The van der Waals surface area contributed by atoms with Crippen LogP contribution in [-0.2, 0) is 13.2 Å². The molecule has 1 saturated carbocycles. The van der Waals surface area contributed by atoms with Crippen molar-refractivity contribution >= 4 is 22.2 Å². The number of nitrogens with zero attached hydrogens (tertiary/aromatic N) is 5. The van der Waals surface area contributed by atoms with E-state index in [0.717, 1.165) is 17.6 Å². The molecule has 1 aliphatic rings. The Balaban J connectivity index is 1.46. The molecule has 4 aromatic rings. The van der Waals surface area contributed by atoms with Gasteiger partial charge in [0.2, 0.25) is 0 Å². The molecule has 1 aromatic carbocycles. The van der Waals surface area contributed by atoms with Gasteiger partial charge in [-0.2, -0.15) is 10.2 Å². The maximum absolute atomic E-state index is 13.0. The fourth-order valence-corrected chi connectivity index (χ4v) is 4.01. The number of hydrogen-bond donors (Lipinski definition) is 0. The summed E-state index contributed by atoms with van der Waals surface area (Å²) in [5.41, 5.74) is 1.25. The highest BCUT2D eigenvalue weighted by molar-refractivity contribution is 7.09. The number of aromatic nitrogens is 4. The summed E-state index contributed by atoms with van der Waals surface area (Å²) < 4.78 is 3.28. The lowest BCUT2D eigenvalue weighted by Crippen LogP contribution is -2.34. The minimum absolute atomic E-state index is 0.140. The third kappa shape index (κ3) is 3.31. The summed E-state index contributed by atoms with van der Waals surface area (Å²) in [4.78, 5) is 16.6. The summed E-state index contributed by atoms with van der Waals surface area (Å²) in [6.45, 7) is 1.35. The van der Waals surface area contributed by atoms with Crippen LogP contribution < -0.4 is 5.56 Å². The van der Waals surface area contributed by atoms with Gasteiger partial charge in [0.05, 0.1) is 18.6 Å². The number of fused-ring (bicyclic) bond motifs is 1. The van der Waals surface area contributed by atoms with Gasteiger partial charge in [0.25, 0.3) is 5.56 Å². The third-order valence-corrected chi connectivity index (χ3v) is 5.72. The quantitative estimate of drug-likeness (QED) is 0.518. The second-order valence-electron chi connectivity index (χ2n) is 6.86. The topological polar surface area (TPSA) is 56.0 Å². The monoisotopic (exact) mass is 377 g/mol. The Morgan fingerprint density at radius 2 is 2.00 bits per heavy atom. The van der Waals surface area contributed by atoms with Crippen LogP contribution in [0.2, 0.25) is 0 Å². The van der Waals surface area contributed by atoms with Crippen LogP contribution in [-0.4, -0.2) is 30.5 Å². The van der Waals surface area contributed by atoms with Crippen LogP contribution in [0.15, 0.2) is 65.0 Å². The predicted molar refractivity (Wildman–Crippen MR) is 106 cm³/mol. The smallest absolute Gasteiger partial charge is 0.276 e.